The van der Waals surface area contributed by atoms with E-state index in [9.17, 15) is 4.79 Å². The summed E-state index contributed by atoms with van der Waals surface area (Å²) in [5, 5.41) is 8.24. The fourth-order valence-electron chi connectivity index (χ4n) is 0.321. The quantitative estimate of drug-likeness (QED) is 0.562. The molecule has 0 bridgehead atoms. The maximum atomic E-state index is 10.0. The van der Waals surface area contributed by atoms with E-state index in [4.69, 9.17) is 5.11 Å². The van der Waals surface area contributed by atoms with Crippen LogP contribution in [0.1, 0.15) is 9.67 Å². The van der Waals surface area contributed by atoms with Crippen molar-refractivity contribution in [1.29, 1.82) is 0 Å². The van der Waals surface area contributed by atoms with E-state index in [0.29, 0.717) is 0 Å². The monoisotopic (exact) mass is 137 g/mol. The molecule has 1 rings (SSSR count). The van der Waals surface area contributed by atoms with Crippen LogP contribution in [0.2, 0.25) is 0 Å². The number of nitrogens with zero attached hydrogens (tertiary/aromatic N) is 1. The molecule has 1 aromatic rings. The number of aromatic carboxylic acids is 1. The van der Waals surface area contributed by atoms with Crippen molar-refractivity contribution in [3.8, 4) is 0 Å². The van der Waals surface area contributed by atoms with Crippen molar-refractivity contribution in [3.63, 3.8) is 0 Å². The van der Waals surface area contributed by atoms with E-state index < -0.39 is 5.97 Å². The molecule has 0 aromatic carbocycles. The van der Waals surface area contributed by atoms with Crippen LogP contribution in [-0.4, -0.2) is 34.9 Å². The standard InChI is InChI=1S/C4H3NO2S.Li.H/c6-4(7)3-1-5-2-8-3;;/h1-2H,(H,6,7);;. The summed E-state index contributed by atoms with van der Waals surface area (Å²) < 4.78 is 0. The molecule has 0 radical (unpaired) electrons. The second-order valence-electron chi connectivity index (χ2n) is 1.17. The van der Waals surface area contributed by atoms with Gasteiger partial charge in [0.25, 0.3) is 0 Å². The molecule has 0 spiro atoms. The molecule has 0 saturated carbocycles. The second-order valence-corrected chi connectivity index (χ2v) is 2.06. The molecule has 0 aliphatic rings. The Morgan fingerprint density at radius 2 is 2.44 bits per heavy atom. The third-order valence-electron chi connectivity index (χ3n) is 0.643. The Balaban J connectivity index is 0.000000640. The van der Waals surface area contributed by atoms with E-state index in [1.165, 1.54) is 11.7 Å². The summed E-state index contributed by atoms with van der Waals surface area (Å²) in [6.07, 6.45) is 1.33. The Hall–Kier alpha value is -0.303. The number of hydrogen-bond donors (Lipinski definition) is 1. The zero-order valence-corrected chi connectivity index (χ0v) is 4.68. The van der Waals surface area contributed by atoms with Gasteiger partial charge < -0.3 is 5.11 Å². The summed E-state index contributed by atoms with van der Waals surface area (Å²) in [6.45, 7) is 0. The molecule has 0 atom stereocenters. The molecule has 44 valence electrons. The molecule has 0 aliphatic heterocycles. The Bertz CT molecular complexity index is 186. The third-order valence-corrected chi connectivity index (χ3v) is 1.40. The predicted octanol–water partition coefficient (Wildman–Crippen LogP) is 0.193. The van der Waals surface area contributed by atoms with Crippen molar-refractivity contribution in [2.45, 2.75) is 0 Å². The first-order valence-corrected chi connectivity index (χ1v) is 2.80. The van der Waals surface area contributed by atoms with Gasteiger partial charge in [0.1, 0.15) is 4.88 Å². The van der Waals surface area contributed by atoms with Crippen molar-refractivity contribution in [2.75, 3.05) is 0 Å². The van der Waals surface area contributed by atoms with Gasteiger partial charge in [-0.15, -0.1) is 11.3 Å². The fourth-order valence-corrected chi connectivity index (χ4v) is 0.779. The van der Waals surface area contributed by atoms with Gasteiger partial charge in [0.2, 0.25) is 0 Å². The number of rotatable bonds is 1. The fraction of sp³-hybridized carbons (Fsp3) is 0. The van der Waals surface area contributed by atoms with Crippen molar-refractivity contribution < 1.29 is 9.90 Å². The number of hydrogen-bond acceptors (Lipinski definition) is 3. The second kappa shape index (κ2) is 3.67. The van der Waals surface area contributed by atoms with Crippen molar-refractivity contribution in [1.82, 2.24) is 4.98 Å². The van der Waals surface area contributed by atoms with E-state index in [1.54, 1.807) is 0 Å². The Morgan fingerprint density at radius 3 is 2.67 bits per heavy atom. The molecule has 0 amide bonds. The van der Waals surface area contributed by atoms with Crippen LogP contribution < -0.4 is 0 Å². The molecule has 0 aliphatic carbocycles. The molecule has 9 heavy (non-hydrogen) atoms. The topological polar surface area (TPSA) is 50.2 Å². The Morgan fingerprint density at radius 1 is 1.78 bits per heavy atom. The minimum absolute atomic E-state index is 0. The first kappa shape index (κ1) is 8.70. The molecule has 0 unspecified atom stereocenters. The number of carbonyl (C=O) groups is 1. The van der Waals surface area contributed by atoms with Crippen LogP contribution in [0.15, 0.2) is 11.7 Å². The predicted molar refractivity (Wildman–Crippen MR) is 36.2 cm³/mol. The molecule has 5 heteroatoms. The van der Waals surface area contributed by atoms with Gasteiger partial charge in [0.15, 0.2) is 0 Å². The first-order valence-electron chi connectivity index (χ1n) is 1.92. The molecule has 0 fully saturated rings. The van der Waals surface area contributed by atoms with Crippen molar-refractivity contribution in [3.05, 3.63) is 16.6 Å². The van der Waals surface area contributed by atoms with Crippen molar-refractivity contribution in [2.24, 2.45) is 0 Å². The maximum absolute atomic E-state index is 10.0. The van der Waals surface area contributed by atoms with Gasteiger partial charge in [0, 0.05) is 0 Å². The van der Waals surface area contributed by atoms with Gasteiger partial charge in [-0.25, -0.2) is 4.79 Å². The number of carboxylic acids is 1. The van der Waals surface area contributed by atoms with Gasteiger partial charge in [-0.05, 0) is 0 Å². The number of carboxylic acid groups (broad SMARTS) is 1. The zero-order valence-electron chi connectivity index (χ0n) is 3.87. The average molecular weight is 137 g/mol. The van der Waals surface area contributed by atoms with Gasteiger partial charge in [-0.2, -0.15) is 0 Å². The van der Waals surface area contributed by atoms with Crippen LogP contribution in [0.4, 0.5) is 0 Å². The van der Waals surface area contributed by atoms with Crippen LogP contribution in [0.5, 0.6) is 0 Å². The van der Waals surface area contributed by atoms with E-state index in [1.807, 2.05) is 0 Å². The van der Waals surface area contributed by atoms with Crippen molar-refractivity contribution >= 4 is 36.2 Å². The van der Waals surface area contributed by atoms with Crippen LogP contribution in [0, 0.1) is 0 Å². The number of thiazole rings is 1. The average Bonchev–Trinajstić information content (AvgIpc) is 2.12. The zero-order chi connectivity index (χ0) is 5.98. The van der Waals surface area contributed by atoms with Gasteiger partial charge in [-0.3, -0.25) is 4.98 Å². The summed E-state index contributed by atoms with van der Waals surface area (Å²) in [7, 11) is 0. The molecule has 0 saturated heterocycles. The van der Waals surface area contributed by atoms with Crippen LogP contribution in [-0.2, 0) is 0 Å². The summed E-state index contributed by atoms with van der Waals surface area (Å²) in [4.78, 5) is 13.9. The van der Waals surface area contributed by atoms with E-state index in [2.05, 4.69) is 4.98 Å². The van der Waals surface area contributed by atoms with Crippen LogP contribution in [0.25, 0.3) is 0 Å². The summed E-state index contributed by atoms with van der Waals surface area (Å²) >= 11 is 1.12. The number of aromatic nitrogens is 1. The third kappa shape index (κ3) is 2.18. The van der Waals surface area contributed by atoms with Gasteiger partial charge in [0.05, 0.1) is 11.7 Å². The van der Waals surface area contributed by atoms with Gasteiger partial charge in [-0.1, -0.05) is 0 Å². The first-order chi connectivity index (χ1) is 3.80. The molecule has 3 nitrogen and oxygen atoms in total. The SMILES string of the molecule is O=C(O)c1cncs1.[LiH]. The van der Waals surface area contributed by atoms with E-state index in [0.717, 1.165) is 11.3 Å². The van der Waals surface area contributed by atoms with E-state index >= 15 is 0 Å². The van der Waals surface area contributed by atoms with Gasteiger partial charge >= 0.3 is 24.8 Å². The van der Waals surface area contributed by atoms with Crippen LogP contribution in [0.3, 0.4) is 0 Å². The molecule has 1 aromatic heterocycles. The molecule has 1 heterocycles. The Labute approximate surface area is 67.9 Å². The summed E-state index contributed by atoms with van der Waals surface area (Å²) in [5.41, 5.74) is 1.49. The Kier molecular flexibility index (Phi) is 3.55. The minimum atomic E-state index is -0.910. The molecule has 1 N–H and O–H groups in total. The van der Waals surface area contributed by atoms with E-state index in [-0.39, 0.29) is 23.7 Å². The summed E-state index contributed by atoms with van der Waals surface area (Å²) in [5.74, 6) is -0.910. The normalized spacial score (nSPS) is 8.00. The molecular weight excluding hydrogens is 133 g/mol. The summed E-state index contributed by atoms with van der Waals surface area (Å²) in [6, 6.07) is 0. The van der Waals surface area contributed by atoms with Crippen LogP contribution >= 0.6 is 11.3 Å². The molecular formula is C4H4LiNO2S.